The van der Waals surface area contributed by atoms with E-state index in [-0.39, 0.29) is 12.6 Å². The lowest BCUT2D eigenvalue weighted by molar-refractivity contribution is 0.283. The van der Waals surface area contributed by atoms with Crippen LogP contribution < -0.4 is 4.72 Å². The van der Waals surface area contributed by atoms with E-state index in [1.165, 1.54) is 10.7 Å². The van der Waals surface area contributed by atoms with Crippen LogP contribution in [-0.4, -0.2) is 31.0 Å². The van der Waals surface area contributed by atoms with Crippen LogP contribution in [0, 0.1) is 13.8 Å². The van der Waals surface area contributed by atoms with E-state index in [4.69, 9.17) is 4.52 Å². The van der Waals surface area contributed by atoms with Crippen molar-refractivity contribution in [1.29, 1.82) is 0 Å². The van der Waals surface area contributed by atoms with Crippen LogP contribution in [0.1, 0.15) is 49.1 Å². The molecule has 0 amide bonds. The summed E-state index contributed by atoms with van der Waals surface area (Å²) in [5.41, 5.74) is 1.54. The number of nitrogens with zero attached hydrogens (tertiary/aromatic N) is 2. The molecule has 1 aromatic heterocycles. The van der Waals surface area contributed by atoms with Crippen molar-refractivity contribution in [2.24, 2.45) is 0 Å². The SMILES string of the molecule is Cc1noc(C)c1CNS(=O)(=O)N(C)C1CCCCC1. The van der Waals surface area contributed by atoms with Crippen molar-refractivity contribution < 1.29 is 12.9 Å². The fourth-order valence-corrected chi connectivity index (χ4v) is 3.79. The molecule has 20 heavy (non-hydrogen) atoms. The lowest BCUT2D eigenvalue weighted by Gasteiger charge is -2.30. The fourth-order valence-electron chi connectivity index (χ4n) is 2.66. The van der Waals surface area contributed by atoms with Crippen molar-refractivity contribution >= 4 is 10.2 Å². The third kappa shape index (κ3) is 3.39. The minimum absolute atomic E-state index is 0.117. The first-order valence-electron chi connectivity index (χ1n) is 7.06. The van der Waals surface area contributed by atoms with Gasteiger partial charge in [-0.3, -0.25) is 0 Å². The molecule has 1 N–H and O–H groups in total. The van der Waals surface area contributed by atoms with Gasteiger partial charge in [0.15, 0.2) is 0 Å². The first-order chi connectivity index (χ1) is 9.42. The topological polar surface area (TPSA) is 75.4 Å². The molecule has 0 saturated heterocycles. The van der Waals surface area contributed by atoms with Gasteiger partial charge in [-0.2, -0.15) is 17.4 Å². The van der Waals surface area contributed by atoms with Crippen molar-refractivity contribution in [3.05, 3.63) is 17.0 Å². The van der Waals surface area contributed by atoms with Crippen molar-refractivity contribution in [3.63, 3.8) is 0 Å². The quantitative estimate of drug-likeness (QED) is 0.901. The molecule has 1 fully saturated rings. The molecule has 2 rings (SSSR count). The number of hydrogen-bond donors (Lipinski definition) is 1. The van der Waals surface area contributed by atoms with E-state index in [9.17, 15) is 8.42 Å². The summed E-state index contributed by atoms with van der Waals surface area (Å²) in [6, 6.07) is 0.117. The number of rotatable bonds is 5. The van der Waals surface area contributed by atoms with E-state index < -0.39 is 10.2 Å². The largest absolute Gasteiger partial charge is 0.361 e. The predicted molar refractivity (Wildman–Crippen MR) is 76.4 cm³/mol. The Hall–Kier alpha value is -0.920. The highest BCUT2D eigenvalue weighted by Gasteiger charge is 2.27. The number of aryl methyl sites for hydroxylation is 2. The van der Waals surface area contributed by atoms with Gasteiger partial charge in [0.2, 0.25) is 0 Å². The third-order valence-corrected chi connectivity index (χ3v) is 5.65. The molecule has 6 nitrogen and oxygen atoms in total. The molecule has 7 heteroatoms. The molecule has 1 aliphatic rings. The van der Waals surface area contributed by atoms with Crippen LogP contribution in [0.15, 0.2) is 4.52 Å². The van der Waals surface area contributed by atoms with Crippen LogP contribution in [0.5, 0.6) is 0 Å². The van der Waals surface area contributed by atoms with Gasteiger partial charge < -0.3 is 4.52 Å². The summed E-state index contributed by atoms with van der Waals surface area (Å²) < 4.78 is 33.8. The zero-order valence-corrected chi connectivity index (χ0v) is 13.2. The first-order valence-corrected chi connectivity index (χ1v) is 8.50. The Labute approximate surface area is 120 Å². The molecule has 0 radical (unpaired) electrons. The molecular weight excluding hydrogens is 278 g/mol. The summed E-state index contributed by atoms with van der Waals surface area (Å²) in [5.74, 6) is 0.658. The second kappa shape index (κ2) is 6.24. The Balaban J connectivity index is 2.00. The molecule has 114 valence electrons. The van der Waals surface area contributed by atoms with Gasteiger partial charge >= 0.3 is 0 Å². The highest BCUT2D eigenvalue weighted by atomic mass is 32.2. The lowest BCUT2D eigenvalue weighted by Crippen LogP contribution is -2.44. The van der Waals surface area contributed by atoms with E-state index in [1.54, 1.807) is 14.0 Å². The standard InChI is InChI=1S/C13H23N3O3S/c1-10-13(11(2)19-15-10)9-14-20(17,18)16(3)12-7-5-4-6-8-12/h12,14H,4-9H2,1-3H3. The van der Waals surface area contributed by atoms with Gasteiger partial charge in [-0.15, -0.1) is 0 Å². The zero-order valence-electron chi connectivity index (χ0n) is 12.3. The second-order valence-corrected chi connectivity index (χ2v) is 7.25. The molecule has 1 aliphatic carbocycles. The van der Waals surface area contributed by atoms with Crippen molar-refractivity contribution in [2.45, 2.75) is 58.5 Å². The molecule has 0 unspecified atom stereocenters. The summed E-state index contributed by atoms with van der Waals surface area (Å²) in [5, 5.41) is 3.83. The van der Waals surface area contributed by atoms with Crippen LogP contribution in [0.2, 0.25) is 0 Å². The second-order valence-electron chi connectivity index (χ2n) is 5.44. The van der Waals surface area contributed by atoms with Crippen molar-refractivity contribution in [1.82, 2.24) is 14.2 Å². The molecule has 0 spiro atoms. The molecule has 1 aromatic rings. The average Bonchev–Trinajstić information content (AvgIpc) is 2.76. The first kappa shape index (κ1) is 15.5. The number of hydrogen-bond acceptors (Lipinski definition) is 4. The van der Waals surface area contributed by atoms with Gasteiger partial charge in [0.25, 0.3) is 10.2 Å². The van der Waals surface area contributed by atoms with Gasteiger partial charge in [0, 0.05) is 25.2 Å². The van der Waals surface area contributed by atoms with Crippen molar-refractivity contribution in [3.8, 4) is 0 Å². The Morgan fingerprint density at radius 2 is 1.95 bits per heavy atom. The van der Waals surface area contributed by atoms with Crippen LogP contribution in [0.4, 0.5) is 0 Å². The van der Waals surface area contributed by atoms with Crippen LogP contribution >= 0.6 is 0 Å². The van der Waals surface area contributed by atoms with Crippen LogP contribution in [0.25, 0.3) is 0 Å². The van der Waals surface area contributed by atoms with Crippen LogP contribution in [-0.2, 0) is 16.8 Å². The fraction of sp³-hybridized carbons (Fsp3) is 0.769. The van der Waals surface area contributed by atoms with Gasteiger partial charge in [0.1, 0.15) is 5.76 Å². The maximum Gasteiger partial charge on any atom is 0.279 e. The summed E-state index contributed by atoms with van der Waals surface area (Å²) in [4.78, 5) is 0. The molecule has 1 saturated carbocycles. The van der Waals surface area contributed by atoms with E-state index in [2.05, 4.69) is 9.88 Å². The number of aromatic nitrogens is 1. The molecular formula is C13H23N3O3S. The monoisotopic (exact) mass is 301 g/mol. The summed E-state index contributed by atoms with van der Waals surface area (Å²) in [7, 11) is -1.80. The lowest BCUT2D eigenvalue weighted by atomic mass is 9.96. The maximum absolute atomic E-state index is 12.3. The Kier molecular flexibility index (Phi) is 4.82. The Bertz CT molecular complexity index is 528. The molecule has 0 aromatic carbocycles. The average molecular weight is 301 g/mol. The van der Waals surface area contributed by atoms with E-state index >= 15 is 0 Å². The third-order valence-electron chi connectivity index (χ3n) is 4.08. The Morgan fingerprint density at radius 1 is 1.30 bits per heavy atom. The van der Waals surface area contributed by atoms with E-state index in [1.807, 2.05) is 6.92 Å². The number of nitrogens with one attached hydrogen (secondary N) is 1. The highest BCUT2D eigenvalue weighted by Crippen LogP contribution is 2.23. The molecule has 0 bridgehead atoms. The zero-order chi connectivity index (χ0) is 14.8. The van der Waals surface area contributed by atoms with Gasteiger partial charge in [0.05, 0.1) is 5.69 Å². The molecule has 0 atom stereocenters. The van der Waals surface area contributed by atoms with Crippen molar-refractivity contribution in [2.75, 3.05) is 7.05 Å². The summed E-state index contributed by atoms with van der Waals surface area (Å²) in [6.45, 7) is 3.82. The minimum atomic E-state index is -3.46. The van der Waals surface area contributed by atoms with Gasteiger partial charge in [-0.25, -0.2) is 0 Å². The summed E-state index contributed by atoms with van der Waals surface area (Å²) in [6.07, 6.45) is 5.31. The van der Waals surface area contributed by atoms with Crippen LogP contribution in [0.3, 0.4) is 0 Å². The van der Waals surface area contributed by atoms with Gasteiger partial charge in [-0.1, -0.05) is 24.4 Å². The maximum atomic E-state index is 12.3. The highest BCUT2D eigenvalue weighted by molar-refractivity contribution is 7.87. The normalized spacial score (nSPS) is 17.8. The van der Waals surface area contributed by atoms with E-state index in [0.29, 0.717) is 5.76 Å². The van der Waals surface area contributed by atoms with E-state index in [0.717, 1.165) is 36.9 Å². The molecule has 1 heterocycles. The predicted octanol–water partition coefficient (Wildman–Crippen LogP) is 1.89. The molecule has 0 aliphatic heterocycles. The van der Waals surface area contributed by atoms with Gasteiger partial charge in [-0.05, 0) is 26.7 Å². The minimum Gasteiger partial charge on any atom is -0.361 e. The summed E-state index contributed by atoms with van der Waals surface area (Å²) >= 11 is 0. The Morgan fingerprint density at radius 3 is 2.50 bits per heavy atom. The smallest absolute Gasteiger partial charge is 0.279 e.